The number of carboxylic acids is 1. The van der Waals surface area contributed by atoms with Crippen LogP contribution in [0.15, 0.2) is 30.3 Å². The van der Waals surface area contributed by atoms with E-state index < -0.39 is 11.9 Å². The molecule has 1 aromatic carbocycles. The molecule has 0 spiro atoms. The van der Waals surface area contributed by atoms with Crippen molar-refractivity contribution in [2.45, 2.75) is 25.2 Å². The number of aliphatic carboxylic acids is 1. The Bertz CT molecular complexity index is 350. The second-order valence-corrected chi connectivity index (χ2v) is 4.40. The van der Waals surface area contributed by atoms with E-state index in [0.29, 0.717) is 26.2 Å². The van der Waals surface area contributed by atoms with Crippen LogP contribution in [0.1, 0.15) is 30.7 Å². The fourth-order valence-electron chi connectivity index (χ4n) is 1.91. The molecule has 0 bridgehead atoms. The zero-order chi connectivity index (χ0) is 13.9. The maximum absolute atomic E-state index is 11.3. The largest absolute Gasteiger partial charge is 0.481 e. The van der Waals surface area contributed by atoms with E-state index >= 15 is 0 Å². The quantitative estimate of drug-likeness (QED) is 0.661. The van der Waals surface area contributed by atoms with Crippen molar-refractivity contribution >= 4 is 5.97 Å². The van der Waals surface area contributed by atoms with Crippen LogP contribution in [0, 0.1) is 0 Å². The van der Waals surface area contributed by atoms with Gasteiger partial charge in [-0.15, -0.1) is 0 Å². The van der Waals surface area contributed by atoms with Gasteiger partial charge in [-0.05, 0) is 24.8 Å². The van der Waals surface area contributed by atoms with Crippen LogP contribution >= 0.6 is 0 Å². The Balaban J connectivity index is 2.26. The lowest BCUT2D eigenvalue weighted by molar-refractivity contribution is -0.139. The van der Waals surface area contributed by atoms with E-state index in [1.54, 1.807) is 7.11 Å². The fourth-order valence-corrected chi connectivity index (χ4v) is 1.91. The van der Waals surface area contributed by atoms with Gasteiger partial charge >= 0.3 is 5.97 Å². The zero-order valence-electron chi connectivity index (χ0n) is 11.4. The lowest BCUT2D eigenvalue weighted by atomic mass is 9.94. The average Bonchev–Trinajstić information content (AvgIpc) is 2.42. The highest BCUT2D eigenvalue weighted by Gasteiger charge is 2.18. The summed E-state index contributed by atoms with van der Waals surface area (Å²) in [6.07, 6.45) is 2.37. The third-order valence-corrected chi connectivity index (χ3v) is 2.96. The summed E-state index contributed by atoms with van der Waals surface area (Å²) in [4.78, 5) is 11.3. The van der Waals surface area contributed by atoms with Crippen molar-refractivity contribution in [1.29, 1.82) is 0 Å². The first kappa shape index (κ1) is 15.7. The summed E-state index contributed by atoms with van der Waals surface area (Å²) in [5, 5.41) is 9.25. The maximum Gasteiger partial charge on any atom is 0.310 e. The molecule has 0 amide bonds. The van der Waals surface area contributed by atoms with E-state index in [1.807, 2.05) is 30.3 Å². The molecule has 0 radical (unpaired) electrons. The monoisotopic (exact) mass is 266 g/mol. The molecular weight excluding hydrogens is 244 g/mol. The maximum atomic E-state index is 11.3. The molecule has 106 valence electrons. The number of unbranched alkanes of at least 4 members (excludes halogenated alkanes) is 1. The molecule has 0 fully saturated rings. The summed E-state index contributed by atoms with van der Waals surface area (Å²) in [6, 6.07) is 9.38. The minimum Gasteiger partial charge on any atom is -0.481 e. The highest BCUT2D eigenvalue weighted by molar-refractivity contribution is 5.75. The van der Waals surface area contributed by atoms with Crippen LogP contribution in [-0.4, -0.2) is 38.0 Å². The van der Waals surface area contributed by atoms with Crippen LogP contribution in [0.25, 0.3) is 0 Å². The standard InChI is InChI=1S/C15H22O4/c1-18-11-12-19-10-6-5-9-14(15(16)17)13-7-3-2-4-8-13/h2-4,7-8,14H,5-6,9-12H2,1H3,(H,16,17). The smallest absolute Gasteiger partial charge is 0.310 e. The van der Waals surface area contributed by atoms with Gasteiger partial charge in [0.15, 0.2) is 0 Å². The molecule has 0 aliphatic rings. The zero-order valence-corrected chi connectivity index (χ0v) is 11.4. The van der Waals surface area contributed by atoms with Gasteiger partial charge in [-0.1, -0.05) is 30.3 Å². The number of ether oxygens (including phenoxy) is 2. The van der Waals surface area contributed by atoms with E-state index in [1.165, 1.54) is 0 Å². The van der Waals surface area contributed by atoms with Crippen molar-refractivity contribution in [3.05, 3.63) is 35.9 Å². The highest BCUT2D eigenvalue weighted by atomic mass is 16.5. The number of benzene rings is 1. The van der Waals surface area contributed by atoms with Crippen LogP contribution in [-0.2, 0) is 14.3 Å². The van der Waals surface area contributed by atoms with Gasteiger partial charge in [0.2, 0.25) is 0 Å². The molecule has 0 heterocycles. The van der Waals surface area contributed by atoms with Crippen molar-refractivity contribution in [2.24, 2.45) is 0 Å². The van der Waals surface area contributed by atoms with Crippen LogP contribution in [0.5, 0.6) is 0 Å². The van der Waals surface area contributed by atoms with Gasteiger partial charge in [-0.25, -0.2) is 0 Å². The first-order valence-corrected chi connectivity index (χ1v) is 6.60. The Morgan fingerprint density at radius 3 is 2.53 bits per heavy atom. The number of carbonyl (C=O) groups is 1. The summed E-state index contributed by atoms with van der Waals surface area (Å²) >= 11 is 0. The van der Waals surface area contributed by atoms with E-state index in [0.717, 1.165) is 18.4 Å². The van der Waals surface area contributed by atoms with Crippen LogP contribution in [0.2, 0.25) is 0 Å². The number of rotatable bonds is 10. The third kappa shape index (κ3) is 6.36. The van der Waals surface area contributed by atoms with Gasteiger partial charge in [-0.3, -0.25) is 4.79 Å². The van der Waals surface area contributed by atoms with E-state index in [-0.39, 0.29) is 0 Å². The number of methoxy groups -OCH3 is 1. The molecule has 0 aromatic heterocycles. The number of hydrogen-bond acceptors (Lipinski definition) is 3. The summed E-state index contributed by atoms with van der Waals surface area (Å²) in [7, 11) is 1.64. The van der Waals surface area contributed by atoms with Crippen molar-refractivity contribution in [2.75, 3.05) is 26.9 Å². The van der Waals surface area contributed by atoms with E-state index in [4.69, 9.17) is 9.47 Å². The SMILES string of the molecule is COCCOCCCCC(C(=O)O)c1ccccc1. The minimum atomic E-state index is -0.758. The lowest BCUT2D eigenvalue weighted by Crippen LogP contribution is -2.12. The van der Waals surface area contributed by atoms with Crippen LogP contribution in [0.3, 0.4) is 0 Å². The molecular formula is C15H22O4. The predicted molar refractivity (Wildman–Crippen MR) is 73.4 cm³/mol. The lowest BCUT2D eigenvalue weighted by Gasteiger charge is -2.12. The molecule has 4 nitrogen and oxygen atoms in total. The molecule has 0 saturated heterocycles. The average molecular weight is 266 g/mol. The van der Waals surface area contributed by atoms with Crippen molar-refractivity contribution < 1.29 is 19.4 Å². The van der Waals surface area contributed by atoms with Gasteiger partial charge in [0.25, 0.3) is 0 Å². The molecule has 0 aliphatic heterocycles. The molecule has 19 heavy (non-hydrogen) atoms. The molecule has 0 saturated carbocycles. The summed E-state index contributed by atoms with van der Waals surface area (Å²) < 4.78 is 10.2. The Hall–Kier alpha value is -1.39. The van der Waals surface area contributed by atoms with Gasteiger partial charge in [0, 0.05) is 13.7 Å². The third-order valence-electron chi connectivity index (χ3n) is 2.96. The van der Waals surface area contributed by atoms with Crippen molar-refractivity contribution in [1.82, 2.24) is 0 Å². The first-order chi connectivity index (χ1) is 9.25. The predicted octanol–water partition coefficient (Wildman–Crippen LogP) is 2.69. The molecule has 1 aromatic rings. The molecule has 1 N–H and O–H groups in total. The summed E-state index contributed by atoms with van der Waals surface area (Å²) in [5.41, 5.74) is 0.871. The topological polar surface area (TPSA) is 55.8 Å². The highest BCUT2D eigenvalue weighted by Crippen LogP contribution is 2.22. The van der Waals surface area contributed by atoms with Crippen molar-refractivity contribution in [3.8, 4) is 0 Å². The van der Waals surface area contributed by atoms with Crippen LogP contribution < -0.4 is 0 Å². The summed E-state index contributed by atoms with van der Waals surface area (Å²) in [5.74, 6) is -1.17. The second-order valence-electron chi connectivity index (χ2n) is 4.40. The number of carboxylic acid groups (broad SMARTS) is 1. The Kier molecular flexibility index (Phi) is 7.86. The first-order valence-electron chi connectivity index (χ1n) is 6.60. The molecule has 1 atom stereocenters. The van der Waals surface area contributed by atoms with Crippen molar-refractivity contribution in [3.63, 3.8) is 0 Å². The van der Waals surface area contributed by atoms with Gasteiger partial charge in [0.1, 0.15) is 0 Å². The molecule has 0 aliphatic carbocycles. The van der Waals surface area contributed by atoms with Gasteiger partial charge in [0.05, 0.1) is 19.1 Å². The molecule has 4 heteroatoms. The van der Waals surface area contributed by atoms with Gasteiger partial charge < -0.3 is 14.6 Å². The van der Waals surface area contributed by atoms with E-state index in [9.17, 15) is 9.90 Å². The Morgan fingerprint density at radius 2 is 1.89 bits per heavy atom. The number of hydrogen-bond donors (Lipinski definition) is 1. The Labute approximate surface area is 114 Å². The second kappa shape index (κ2) is 9.53. The van der Waals surface area contributed by atoms with E-state index in [2.05, 4.69) is 0 Å². The molecule has 1 rings (SSSR count). The summed E-state index contributed by atoms with van der Waals surface area (Å²) in [6.45, 7) is 1.85. The fraction of sp³-hybridized carbons (Fsp3) is 0.533. The van der Waals surface area contributed by atoms with Crippen LogP contribution in [0.4, 0.5) is 0 Å². The van der Waals surface area contributed by atoms with Gasteiger partial charge in [-0.2, -0.15) is 0 Å². The minimum absolute atomic E-state index is 0.417. The Morgan fingerprint density at radius 1 is 1.16 bits per heavy atom. The normalized spacial score (nSPS) is 12.3. The molecule has 1 unspecified atom stereocenters.